The third-order valence-corrected chi connectivity index (χ3v) is 6.40. The summed E-state index contributed by atoms with van der Waals surface area (Å²) in [6.07, 6.45) is 0. The number of quaternary nitrogens is 1. The highest BCUT2D eigenvalue weighted by Gasteiger charge is 2.19. The fourth-order valence-electron chi connectivity index (χ4n) is 5.03. The fraction of sp³-hybridized carbons (Fsp3) is 0.333. The van der Waals surface area contributed by atoms with Crippen LogP contribution in [0.25, 0.3) is 21.9 Å². The molecule has 0 aliphatic carbocycles. The predicted molar refractivity (Wildman–Crippen MR) is 160 cm³/mol. The molecule has 0 aromatic heterocycles. The van der Waals surface area contributed by atoms with Crippen molar-refractivity contribution in [2.75, 3.05) is 28.2 Å². The van der Waals surface area contributed by atoms with Crippen molar-refractivity contribution in [2.24, 2.45) is 0 Å². The van der Waals surface area contributed by atoms with Gasteiger partial charge in [0.1, 0.15) is 11.5 Å². The molecule has 4 nitrogen and oxygen atoms in total. The van der Waals surface area contributed by atoms with Gasteiger partial charge in [0.2, 0.25) is 0 Å². The minimum Gasteiger partial charge on any atom is -0.808 e. The van der Waals surface area contributed by atoms with Crippen LogP contribution in [-0.2, 0) is 0 Å². The molecule has 0 unspecified atom stereocenters. The Bertz CT molecular complexity index is 1420. The normalized spacial score (nSPS) is 11.2. The van der Waals surface area contributed by atoms with Crippen LogP contribution in [0.2, 0.25) is 0 Å². The molecule has 5 heteroatoms. The third kappa shape index (κ3) is 6.97. The summed E-state index contributed by atoms with van der Waals surface area (Å²) in [5.74, 6) is 1.18. The Labute approximate surface area is 229 Å². The largest absolute Gasteiger partial charge is 0.808 e. The zero-order valence-electron chi connectivity index (χ0n) is 24.9. The van der Waals surface area contributed by atoms with Crippen molar-refractivity contribution in [2.45, 2.75) is 48.5 Å². The van der Waals surface area contributed by atoms with Crippen molar-refractivity contribution in [3.63, 3.8) is 0 Å². The average molecular weight is 512 g/mol. The highest BCUT2D eigenvalue weighted by molar-refractivity contribution is 6.35. The molecule has 0 amide bonds. The van der Waals surface area contributed by atoms with E-state index < -0.39 is 7.32 Å². The number of fused-ring (bicyclic) bond motifs is 1. The van der Waals surface area contributed by atoms with E-state index in [1.54, 1.807) is 0 Å². The molecular weight excluding hydrogens is 469 g/mol. The predicted octanol–water partition coefficient (Wildman–Crippen LogP) is 6.79. The Morgan fingerprint density at radius 2 is 1.16 bits per heavy atom. The lowest BCUT2D eigenvalue weighted by molar-refractivity contribution is -0.849. The summed E-state index contributed by atoms with van der Waals surface area (Å²) in [5.41, 5.74) is 9.52. The standard InChI is InChI=1S/C29H30BO3.C4H12N/c1-17-14-19(3)28(20(4)15-17)32-30(31)33-29-21(5)16-18(2)27(23(29)7)26-13-12-24-10-8-9-11-25(24)22(26)6;1-5(2,3)4/h8-16H,1-7H3;1-4H3/q-1;+1. The molecule has 4 rings (SSSR count). The molecule has 0 spiro atoms. The van der Waals surface area contributed by atoms with E-state index >= 15 is 0 Å². The van der Waals surface area contributed by atoms with E-state index in [9.17, 15) is 5.02 Å². The summed E-state index contributed by atoms with van der Waals surface area (Å²) in [6.45, 7) is 14.2. The van der Waals surface area contributed by atoms with E-state index in [0.29, 0.717) is 11.5 Å². The van der Waals surface area contributed by atoms with Crippen molar-refractivity contribution in [3.05, 3.63) is 93.5 Å². The fourth-order valence-corrected chi connectivity index (χ4v) is 5.03. The smallest absolute Gasteiger partial charge is 0.492 e. The second-order valence-corrected chi connectivity index (χ2v) is 11.7. The summed E-state index contributed by atoms with van der Waals surface area (Å²) < 4.78 is 12.6. The van der Waals surface area contributed by atoms with E-state index in [0.717, 1.165) is 49.0 Å². The molecular formula is C33H42BNO3. The summed E-state index contributed by atoms with van der Waals surface area (Å²) in [6, 6.07) is 18.8. The van der Waals surface area contributed by atoms with Gasteiger partial charge in [-0.25, -0.2) is 0 Å². The van der Waals surface area contributed by atoms with Gasteiger partial charge in [0.15, 0.2) is 0 Å². The number of hydrogen-bond acceptors (Lipinski definition) is 3. The summed E-state index contributed by atoms with van der Waals surface area (Å²) >= 11 is 0. The molecule has 0 heterocycles. The van der Waals surface area contributed by atoms with Crippen LogP contribution in [-0.4, -0.2) is 40.0 Å². The van der Waals surface area contributed by atoms with Crippen LogP contribution in [0.3, 0.4) is 0 Å². The van der Waals surface area contributed by atoms with Gasteiger partial charge in [0.25, 0.3) is 0 Å². The topological polar surface area (TPSA) is 41.5 Å². The van der Waals surface area contributed by atoms with Crippen LogP contribution < -0.4 is 14.3 Å². The van der Waals surface area contributed by atoms with Crippen LogP contribution in [0.4, 0.5) is 0 Å². The molecule has 4 aromatic rings. The van der Waals surface area contributed by atoms with Crippen LogP contribution >= 0.6 is 0 Å². The van der Waals surface area contributed by atoms with E-state index in [2.05, 4.69) is 84.5 Å². The Balaban J connectivity index is 0.000000732. The first kappa shape index (κ1) is 29.3. The first-order chi connectivity index (χ1) is 17.7. The van der Waals surface area contributed by atoms with Crippen LogP contribution in [0, 0.1) is 48.5 Å². The summed E-state index contributed by atoms with van der Waals surface area (Å²) in [7, 11) is 6.84. The lowest BCUT2D eigenvalue weighted by atomic mass is 9.88. The third-order valence-electron chi connectivity index (χ3n) is 6.40. The molecule has 0 fully saturated rings. The SMILES string of the molecule is C[N+](C)(C)C.Cc1cc(C)c(OB([O-])Oc2c(C)cc(C)c(-c3ccc4ccccc4c3C)c2C)c(C)c1. The van der Waals surface area contributed by atoms with Crippen molar-refractivity contribution in [1.29, 1.82) is 0 Å². The average Bonchev–Trinajstić information content (AvgIpc) is 2.79. The van der Waals surface area contributed by atoms with Crippen molar-refractivity contribution in [1.82, 2.24) is 0 Å². The molecule has 0 aliphatic rings. The Hall–Kier alpha value is -3.28. The number of rotatable bonds is 5. The minimum atomic E-state index is -1.66. The Morgan fingerprint density at radius 1 is 0.632 bits per heavy atom. The van der Waals surface area contributed by atoms with Crippen LogP contribution in [0.15, 0.2) is 54.6 Å². The molecule has 0 saturated heterocycles. The number of hydrogen-bond donors (Lipinski definition) is 0. The maximum absolute atomic E-state index is 12.9. The van der Waals surface area contributed by atoms with E-state index in [4.69, 9.17) is 9.31 Å². The summed E-state index contributed by atoms with van der Waals surface area (Å²) in [5, 5.41) is 15.3. The number of aryl methyl sites for hydroxylation is 6. The van der Waals surface area contributed by atoms with E-state index in [1.165, 1.54) is 16.3 Å². The van der Waals surface area contributed by atoms with Gasteiger partial charge in [-0.3, -0.25) is 0 Å². The zero-order chi connectivity index (χ0) is 28.4. The minimum absolute atomic E-state index is 0.588. The van der Waals surface area contributed by atoms with Crippen molar-refractivity contribution >= 4 is 18.1 Å². The van der Waals surface area contributed by atoms with Crippen LogP contribution in [0.1, 0.15) is 38.9 Å². The van der Waals surface area contributed by atoms with Gasteiger partial charge in [-0.05, 0) is 104 Å². The lowest BCUT2D eigenvalue weighted by Crippen LogP contribution is -2.44. The molecule has 0 aliphatic heterocycles. The van der Waals surface area contributed by atoms with Crippen molar-refractivity contribution < 1.29 is 18.8 Å². The maximum Gasteiger partial charge on any atom is 0.492 e. The van der Waals surface area contributed by atoms with Gasteiger partial charge in [-0.15, -0.1) is 0 Å². The van der Waals surface area contributed by atoms with E-state index in [-0.39, 0.29) is 0 Å². The molecule has 200 valence electrons. The maximum atomic E-state index is 12.9. The lowest BCUT2D eigenvalue weighted by Gasteiger charge is -2.27. The number of benzene rings is 4. The number of nitrogens with zero attached hydrogens (tertiary/aromatic N) is 1. The highest BCUT2D eigenvalue weighted by Crippen LogP contribution is 2.39. The van der Waals surface area contributed by atoms with Gasteiger partial charge in [0.05, 0.1) is 28.2 Å². The molecule has 0 N–H and O–H groups in total. The highest BCUT2D eigenvalue weighted by atomic mass is 16.7. The second kappa shape index (κ2) is 11.6. The molecule has 0 atom stereocenters. The first-order valence-corrected chi connectivity index (χ1v) is 13.1. The van der Waals surface area contributed by atoms with Crippen molar-refractivity contribution in [3.8, 4) is 22.6 Å². The molecule has 38 heavy (non-hydrogen) atoms. The monoisotopic (exact) mass is 511 g/mol. The van der Waals surface area contributed by atoms with Gasteiger partial charge in [-0.1, -0.05) is 60.2 Å². The van der Waals surface area contributed by atoms with Gasteiger partial charge < -0.3 is 18.8 Å². The first-order valence-electron chi connectivity index (χ1n) is 13.1. The van der Waals surface area contributed by atoms with Crippen LogP contribution in [0.5, 0.6) is 11.5 Å². The quantitative estimate of drug-likeness (QED) is 0.219. The second-order valence-electron chi connectivity index (χ2n) is 11.7. The molecule has 0 radical (unpaired) electrons. The molecule has 0 bridgehead atoms. The van der Waals surface area contributed by atoms with Gasteiger partial charge in [-0.2, -0.15) is 0 Å². The molecule has 0 saturated carbocycles. The zero-order valence-corrected chi connectivity index (χ0v) is 24.9. The van der Waals surface area contributed by atoms with E-state index in [1.807, 2.05) is 46.8 Å². The summed E-state index contributed by atoms with van der Waals surface area (Å²) in [4.78, 5) is 0. The van der Waals surface area contributed by atoms with Gasteiger partial charge >= 0.3 is 7.32 Å². The Kier molecular flexibility index (Phi) is 8.96. The molecule has 4 aromatic carbocycles. The van der Waals surface area contributed by atoms with Gasteiger partial charge in [0, 0.05) is 0 Å². The Morgan fingerprint density at radius 3 is 1.76 bits per heavy atom.